The quantitative estimate of drug-likeness (QED) is 0.172. The van der Waals surface area contributed by atoms with Gasteiger partial charge in [0.15, 0.2) is 0 Å². The zero-order valence-electron chi connectivity index (χ0n) is 24.9. The molecular weight excluding hydrogens is 544 g/mol. The van der Waals surface area contributed by atoms with Gasteiger partial charge < -0.3 is 10.6 Å². The molecule has 2 aromatic heterocycles. The highest BCUT2D eigenvalue weighted by atomic mass is 16.2. The molecule has 2 amide bonds. The van der Waals surface area contributed by atoms with Gasteiger partial charge in [0, 0.05) is 35.0 Å². The van der Waals surface area contributed by atoms with Crippen LogP contribution in [0.25, 0.3) is 44.3 Å². The number of fused-ring (bicyclic) bond motifs is 2. The third-order valence-electron chi connectivity index (χ3n) is 7.79. The van der Waals surface area contributed by atoms with Crippen molar-refractivity contribution < 1.29 is 9.59 Å². The Hall–Kier alpha value is -5.36. The summed E-state index contributed by atoms with van der Waals surface area (Å²) in [4.78, 5) is 36.2. The number of nitrogens with zero attached hydrogens (tertiary/aromatic N) is 2. The summed E-state index contributed by atoms with van der Waals surface area (Å²) in [7, 11) is 0. The number of aryl methyl sites for hydroxylation is 2. The smallest absolute Gasteiger partial charge is 0.252 e. The minimum atomic E-state index is -0.132. The second-order valence-electron chi connectivity index (χ2n) is 11.1. The number of hydrogen-bond acceptors (Lipinski definition) is 4. The molecule has 0 atom stereocenters. The van der Waals surface area contributed by atoms with Crippen LogP contribution in [0.15, 0.2) is 109 Å². The molecule has 0 fully saturated rings. The Morgan fingerprint density at radius 1 is 0.545 bits per heavy atom. The molecule has 6 aromatic rings. The maximum Gasteiger partial charge on any atom is 0.252 e. The average molecular weight is 579 g/mol. The standard InChI is InChI=1S/C38H34N4O2/c1-25-13-17-27(18-14-25)35-23-31(29-9-3-5-11-33(29)41-35)37(43)39-21-7-8-22-40-38(44)32-24-36(28-19-15-26(2)16-20-28)42-34-12-6-4-10-30(32)34/h3-6,9-20,23-24H,7-8,21-22H2,1-2H3,(H,39,43)(H,40,44). The van der Waals surface area contributed by atoms with Crippen molar-refractivity contribution in [2.45, 2.75) is 26.7 Å². The van der Waals surface area contributed by atoms with Crippen molar-refractivity contribution in [1.82, 2.24) is 20.6 Å². The lowest BCUT2D eigenvalue weighted by molar-refractivity contribution is 0.0941. The van der Waals surface area contributed by atoms with Crippen LogP contribution in [0.5, 0.6) is 0 Å². The monoisotopic (exact) mass is 578 g/mol. The van der Waals surface area contributed by atoms with Crippen LogP contribution in [0, 0.1) is 13.8 Å². The van der Waals surface area contributed by atoms with Gasteiger partial charge in [-0.05, 0) is 51.0 Å². The van der Waals surface area contributed by atoms with E-state index in [1.807, 2.05) is 123 Å². The van der Waals surface area contributed by atoms with Crippen molar-refractivity contribution in [2.24, 2.45) is 0 Å². The van der Waals surface area contributed by atoms with Crippen LogP contribution < -0.4 is 10.6 Å². The first-order chi connectivity index (χ1) is 21.5. The number of benzene rings is 4. The normalized spacial score (nSPS) is 11.0. The summed E-state index contributed by atoms with van der Waals surface area (Å²) in [6.07, 6.45) is 1.46. The molecule has 0 spiro atoms. The fourth-order valence-electron chi connectivity index (χ4n) is 5.32. The van der Waals surface area contributed by atoms with E-state index in [4.69, 9.17) is 9.97 Å². The zero-order chi connectivity index (χ0) is 30.5. The summed E-state index contributed by atoms with van der Waals surface area (Å²) in [5.74, 6) is -0.263. The van der Waals surface area contributed by atoms with Crippen LogP contribution in [0.2, 0.25) is 0 Å². The molecule has 0 aliphatic rings. The fourth-order valence-corrected chi connectivity index (χ4v) is 5.32. The molecule has 218 valence electrons. The fraction of sp³-hybridized carbons (Fsp3) is 0.158. The van der Waals surface area contributed by atoms with E-state index in [9.17, 15) is 9.59 Å². The Bertz CT molecular complexity index is 1820. The lowest BCUT2D eigenvalue weighted by Crippen LogP contribution is -2.27. The topological polar surface area (TPSA) is 84.0 Å². The molecule has 0 saturated heterocycles. The minimum Gasteiger partial charge on any atom is -0.352 e. The van der Waals surface area contributed by atoms with Crippen molar-refractivity contribution in [2.75, 3.05) is 13.1 Å². The largest absolute Gasteiger partial charge is 0.352 e. The van der Waals surface area contributed by atoms with Gasteiger partial charge in [-0.2, -0.15) is 0 Å². The number of carbonyl (C=O) groups excluding carboxylic acids is 2. The first-order valence-corrected chi connectivity index (χ1v) is 15.0. The van der Waals surface area contributed by atoms with E-state index in [0.29, 0.717) is 24.2 Å². The molecule has 4 aromatic carbocycles. The molecule has 0 saturated carbocycles. The van der Waals surface area contributed by atoms with Crippen LogP contribution in [0.3, 0.4) is 0 Å². The number of unbranched alkanes of at least 4 members (excludes halogenated alkanes) is 1. The van der Waals surface area contributed by atoms with E-state index in [0.717, 1.165) is 57.2 Å². The van der Waals surface area contributed by atoms with Gasteiger partial charge in [0.25, 0.3) is 11.8 Å². The first-order valence-electron chi connectivity index (χ1n) is 15.0. The number of aromatic nitrogens is 2. The molecular formula is C38H34N4O2. The highest BCUT2D eigenvalue weighted by Crippen LogP contribution is 2.26. The van der Waals surface area contributed by atoms with Gasteiger partial charge in [-0.25, -0.2) is 9.97 Å². The van der Waals surface area contributed by atoms with Gasteiger partial charge in [-0.15, -0.1) is 0 Å². The molecule has 2 N–H and O–H groups in total. The first kappa shape index (κ1) is 28.7. The van der Waals surface area contributed by atoms with Crippen LogP contribution in [0.1, 0.15) is 44.7 Å². The molecule has 0 aliphatic carbocycles. The van der Waals surface area contributed by atoms with E-state index in [1.165, 1.54) is 11.1 Å². The number of carbonyl (C=O) groups is 2. The number of nitrogens with one attached hydrogen (secondary N) is 2. The molecule has 2 heterocycles. The van der Waals surface area contributed by atoms with Crippen LogP contribution in [-0.4, -0.2) is 34.9 Å². The maximum absolute atomic E-state index is 13.3. The van der Waals surface area contributed by atoms with Crippen LogP contribution >= 0.6 is 0 Å². The molecule has 0 radical (unpaired) electrons. The number of pyridine rings is 2. The van der Waals surface area contributed by atoms with Crippen LogP contribution in [0.4, 0.5) is 0 Å². The van der Waals surface area contributed by atoms with Crippen molar-refractivity contribution in [3.05, 3.63) is 131 Å². The summed E-state index contributed by atoms with van der Waals surface area (Å²) in [5, 5.41) is 7.77. The van der Waals surface area contributed by atoms with E-state index >= 15 is 0 Å². The number of amides is 2. The Labute approximate surface area is 257 Å². The van der Waals surface area contributed by atoms with Crippen molar-refractivity contribution in [3.63, 3.8) is 0 Å². The second kappa shape index (κ2) is 12.9. The maximum atomic E-state index is 13.3. The summed E-state index contributed by atoms with van der Waals surface area (Å²) in [6, 6.07) is 35.5. The Balaban J connectivity index is 1.08. The van der Waals surface area contributed by atoms with Gasteiger partial charge in [0.05, 0.1) is 33.5 Å². The lowest BCUT2D eigenvalue weighted by Gasteiger charge is -2.12. The molecule has 6 rings (SSSR count). The highest BCUT2D eigenvalue weighted by Gasteiger charge is 2.15. The summed E-state index contributed by atoms with van der Waals surface area (Å²) in [6.45, 7) is 5.10. The highest BCUT2D eigenvalue weighted by molar-refractivity contribution is 6.08. The third kappa shape index (κ3) is 6.35. The zero-order valence-corrected chi connectivity index (χ0v) is 24.9. The predicted molar refractivity (Wildman–Crippen MR) is 178 cm³/mol. The summed E-state index contributed by atoms with van der Waals surface area (Å²) in [5.41, 5.74) is 8.60. The van der Waals surface area contributed by atoms with Crippen LogP contribution in [-0.2, 0) is 0 Å². The molecule has 6 nitrogen and oxygen atoms in total. The molecule has 0 bridgehead atoms. The number of para-hydroxylation sites is 2. The molecule has 0 aliphatic heterocycles. The van der Waals surface area contributed by atoms with Crippen molar-refractivity contribution >= 4 is 33.6 Å². The minimum absolute atomic E-state index is 0.132. The van der Waals surface area contributed by atoms with Gasteiger partial charge in [0.2, 0.25) is 0 Å². The van der Waals surface area contributed by atoms with Gasteiger partial charge in [0.1, 0.15) is 0 Å². The second-order valence-corrected chi connectivity index (χ2v) is 11.1. The van der Waals surface area contributed by atoms with E-state index < -0.39 is 0 Å². The average Bonchev–Trinajstić information content (AvgIpc) is 3.05. The Kier molecular flexibility index (Phi) is 8.41. The van der Waals surface area contributed by atoms with Gasteiger partial charge in [-0.3, -0.25) is 9.59 Å². The van der Waals surface area contributed by atoms with E-state index in [2.05, 4.69) is 10.6 Å². The van der Waals surface area contributed by atoms with Crippen molar-refractivity contribution in [1.29, 1.82) is 0 Å². The van der Waals surface area contributed by atoms with Crippen molar-refractivity contribution in [3.8, 4) is 22.5 Å². The lowest BCUT2D eigenvalue weighted by atomic mass is 10.0. The van der Waals surface area contributed by atoms with Gasteiger partial charge in [-0.1, -0.05) is 96.1 Å². The molecule has 0 unspecified atom stereocenters. The Morgan fingerprint density at radius 2 is 0.932 bits per heavy atom. The van der Waals surface area contributed by atoms with E-state index in [1.54, 1.807) is 0 Å². The predicted octanol–water partition coefficient (Wildman–Crippen LogP) is 7.67. The molecule has 6 heteroatoms. The van der Waals surface area contributed by atoms with Gasteiger partial charge >= 0.3 is 0 Å². The third-order valence-corrected chi connectivity index (χ3v) is 7.79. The molecule has 44 heavy (non-hydrogen) atoms. The Morgan fingerprint density at radius 3 is 1.34 bits per heavy atom. The van der Waals surface area contributed by atoms with E-state index in [-0.39, 0.29) is 11.8 Å². The SMILES string of the molecule is Cc1ccc(-c2cc(C(=O)NCCCCNC(=O)c3cc(-c4ccc(C)cc4)nc4ccccc34)c3ccccc3n2)cc1. The number of hydrogen-bond donors (Lipinski definition) is 2. The number of rotatable bonds is 9. The summed E-state index contributed by atoms with van der Waals surface area (Å²) < 4.78 is 0. The summed E-state index contributed by atoms with van der Waals surface area (Å²) >= 11 is 0.